The van der Waals surface area contributed by atoms with Gasteiger partial charge in [0.2, 0.25) is 0 Å². The van der Waals surface area contributed by atoms with Gasteiger partial charge in [0.15, 0.2) is 0 Å². The lowest BCUT2D eigenvalue weighted by Crippen LogP contribution is -2.48. The van der Waals surface area contributed by atoms with Crippen molar-refractivity contribution in [2.24, 2.45) is 23.0 Å². The summed E-state index contributed by atoms with van der Waals surface area (Å²) in [5.41, 5.74) is 6.79. The summed E-state index contributed by atoms with van der Waals surface area (Å²) in [4.78, 5) is 0. The summed E-state index contributed by atoms with van der Waals surface area (Å²) in [5, 5.41) is 0. The van der Waals surface area contributed by atoms with E-state index < -0.39 is 0 Å². The summed E-state index contributed by atoms with van der Waals surface area (Å²) < 4.78 is 0. The molecular formula is C12H25N. The van der Waals surface area contributed by atoms with Crippen LogP contribution in [0.5, 0.6) is 0 Å². The van der Waals surface area contributed by atoms with Gasteiger partial charge in [-0.25, -0.2) is 0 Å². The zero-order valence-corrected chi connectivity index (χ0v) is 9.85. The lowest BCUT2D eigenvalue weighted by molar-refractivity contribution is 0.0858. The summed E-state index contributed by atoms with van der Waals surface area (Å²) in [6.07, 6.45) is 3.72. The van der Waals surface area contributed by atoms with Gasteiger partial charge in [-0.2, -0.15) is 0 Å². The minimum absolute atomic E-state index is 0.0662. The monoisotopic (exact) mass is 183 g/mol. The molecule has 1 fully saturated rings. The fraction of sp³-hybridized carbons (Fsp3) is 1.00. The highest BCUT2D eigenvalue weighted by Crippen LogP contribution is 2.45. The van der Waals surface area contributed by atoms with Gasteiger partial charge in [0.05, 0.1) is 0 Å². The summed E-state index contributed by atoms with van der Waals surface area (Å²) in [5.74, 6) is 1.60. The molecule has 0 bridgehead atoms. The van der Waals surface area contributed by atoms with E-state index in [1.54, 1.807) is 0 Å². The Balaban J connectivity index is 2.72. The third-order valence-corrected chi connectivity index (χ3v) is 3.37. The second-order valence-electron chi connectivity index (χ2n) is 6.41. The molecule has 2 N–H and O–H groups in total. The Bertz CT molecular complexity index is 164. The molecule has 0 heterocycles. The molecule has 1 heteroatoms. The molecule has 0 aliphatic heterocycles. The molecule has 0 unspecified atom stereocenters. The minimum Gasteiger partial charge on any atom is -0.325 e. The van der Waals surface area contributed by atoms with Crippen molar-refractivity contribution >= 4 is 0 Å². The molecule has 2 atom stereocenters. The quantitative estimate of drug-likeness (QED) is 0.664. The Morgan fingerprint density at radius 3 is 2.08 bits per heavy atom. The van der Waals surface area contributed by atoms with Crippen molar-refractivity contribution in [1.82, 2.24) is 0 Å². The lowest BCUT2D eigenvalue weighted by atomic mass is 9.62. The fourth-order valence-corrected chi connectivity index (χ4v) is 3.09. The van der Waals surface area contributed by atoms with Crippen molar-refractivity contribution in [1.29, 1.82) is 0 Å². The number of nitrogens with two attached hydrogens (primary N) is 1. The van der Waals surface area contributed by atoms with Crippen LogP contribution >= 0.6 is 0 Å². The molecule has 0 aromatic carbocycles. The first-order valence-corrected chi connectivity index (χ1v) is 5.51. The molecule has 1 nitrogen and oxygen atoms in total. The van der Waals surface area contributed by atoms with E-state index in [0.29, 0.717) is 5.41 Å². The van der Waals surface area contributed by atoms with Gasteiger partial charge >= 0.3 is 0 Å². The van der Waals surface area contributed by atoms with Crippen LogP contribution in [0, 0.1) is 17.3 Å². The maximum absolute atomic E-state index is 6.28. The van der Waals surface area contributed by atoms with E-state index in [9.17, 15) is 0 Å². The van der Waals surface area contributed by atoms with Gasteiger partial charge < -0.3 is 5.73 Å². The van der Waals surface area contributed by atoms with Gasteiger partial charge in [-0.1, -0.05) is 27.7 Å². The third-order valence-electron chi connectivity index (χ3n) is 3.37. The number of hydrogen-bond acceptors (Lipinski definition) is 1. The topological polar surface area (TPSA) is 26.0 Å². The normalized spacial score (nSPS) is 39.5. The maximum atomic E-state index is 6.28. The molecular weight excluding hydrogens is 158 g/mol. The number of rotatable bonds is 1. The van der Waals surface area contributed by atoms with Gasteiger partial charge in [0.1, 0.15) is 0 Å². The largest absolute Gasteiger partial charge is 0.325 e. The standard InChI is InChI=1S/C12H25N/c1-9(2)10-6-11(3,4)8-12(5,13)7-10/h9-10H,6-8,13H2,1-5H3/t10-,12-/m1/s1. The van der Waals surface area contributed by atoms with Crippen molar-refractivity contribution in [3.63, 3.8) is 0 Å². The Hall–Kier alpha value is -0.0400. The van der Waals surface area contributed by atoms with Crippen molar-refractivity contribution in [2.75, 3.05) is 0 Å². The van der Waals surface area contributed by atoms with E-state index in [4.69, 9.17) is 5.73 Å². The van der Waals surface area contributed by atoms with Crippen LogP contribution in [-0.4, -0.2) is 5.54 Å². The first-order chi connectivity index (χ1) is 5.72. The van der Waals surface area contributed by atoms with E-state index in [-0.39, 0.29) is 5.54 Å². The van der Waals surface area contributed by atoms with Gasteiger partial charge in [-0.3, -0.25) is 0 Å². The Morgan fingerprint density at radius 2 is 1.69 bits per heavy atom. The summed E-state index contributed by atoms with van der Waals surface area (Å²) in [6.45, 7) is 11.6. The molecule has 1 saturated carbocycles. The van der Waals surface area contributed by atoms with Crippen molar-refractivity contribution in [2.45, 2.75) is 59.4 Å². The van der Waals surface area contributed by atoms with Crippen LogP contribution in [0.3, 0.4) is 0 Å². The Morgan fingerprint density at radius 1 is 1.15 bits per heavy atom. The van der Waals surface area contributed by atoms with Crippen molar-refractivity contribution in [3.05, 3.63) is 0 Å². The lowest BCUT2D eigenvalue weighted by Gasteiger charge is -2.46. The van der Waals surface area contributed by atoms with Crippen LogP contribution in [0.1, 0.15) is 53.9 Å². The second kappa shape index (κ2) is 3.27. The average Bonchev–Trinajstić information content (AvgIpc) is 1.79. The molecule has 1 aliphatic carbocycles. The zero-order chi connectivity index (χ0) is 10.3. The van der Waals surface area contributed by atoms with Crippen LogP contribution in [0.2, 0.25) is 0 Å². The van der Waals surface area contributed by atoms with E-state index >= 15 is 0 Å². The minimum atomic E-state index is 0.0662. The summed E-state index contributed by atoms with van der Waals surface area (Å²) in [7, 11) is 0. The predicted octanol–water partition coefficient (Wildman–Crippen LogP) is 3.19. The SMILES string of the molecule is CC(C)[C@@H]1CC(C)(C)C[C@](C)(N)C1. The highest BCUT2D eigenvalue weighted by Gasteiger charge is 2.39. The molecule has 0 aromatic heterocycles. The molecule has 0 amide bonds. The van der Waals surface area contributed by atoms with Gasteiger partial charge in [-0.15, -0.1) is 0 Å². The van der Waals surface area contributed by atoms with Gasteiger partial charge in [-0.05, 0) is 43.4 Å². The fourth-order valence-electron chi connectivity index (χ4n) is 3.09. The molecule has 1 rings (SSSR count). The van der Waals surface area contributed by atoms with E-state index in [0.717, 1.165) is 11.8 Å². The van der Waals surface area contributed by atoms with E-state index in [2.05, 4.69) is 34.6 Å². The highest BCUT2D eigenvalue weighted by molar-refractivity contribution is 4.95. The predicted molar refractivity (Wildman–Crippen MR) is 58.6 cm³/mol. The van der Waals surface area contributed by atoms with E-state index in [1.807, 2.05) is 0 Å². The smallest absolute Gasteiger partial charge is 0.0133 e. The maximum Gasteiger partial charge on any atom is 0.0133 e. The van der Waals surface area contributed by atoms with Crippen molar-refractivity contribution in [3.8, 4) is 0 Å². The van der Waals surface area contributed by atoms with Gasteiger partial charge in [0, 0.05) is 5.54 Å². The second-order valence-corrected chi connectivity index (χ2v) is 6.41. The zero-order valence-electron chi connectivity index (χ0n) is 9.85. The average molecular weight is 183 g/mol. The highest BCUT2D eigenvalue weighted by atomic mass is 14.7. The first kappa shape index (κ1) is 11.0. The summed E-state index contributed by atoms with van der Waals surface area (Å²) in [6, 6.07) is 0. The molecule has 0 aromatic rings. The first-order valence-electron chi connectivity index (χ1n) is 5.51. The molecule has 13 heavy (non-hydrogen) atoms. The van der Waals surface area contributed by atoms with Gasteiger partial charge in [0.25, 0.3) is 0 Å². The summed E-state index contributed by atoms with van der Waals surface area (Å²) >= 11 is 0. The van der Waals surface area contributed by atoms with Crippen LogP contribution in [0.4, 0.5) is 0 Å². The molecule has 1 aliphatic rings. The molecule has 0 radical (unpaired) electrons. The van der Waals surface area contributed by atoms with Crippen LogP contribution in [-0.2, 0) is 0 Å². The molecule has 78 valence electrons. The molecule has 0 saturated heterocycles. The Kier molecular flexibility index (Phi) is 2.78. The van der Waals surface area contributed by atoms with Crippen LogP contribution in [0.25, 0.3) is 0 Å². The van der Waals surface area contributed by atoms with E-state index in [1.165, 1.54) is 19.3 Å². The van der Waals surface area contributed by atoms with Crippen LogP contribution < -0.4 is 5.73 Å². The number of hydrogen-bond donors (Lipinski definition) is 1. The Labute approximate surface area is 83.1 Å². The molecule has 0 spiro atoms. The third kappa shape index (κ3) is 2.98. The van der Waals surface area contributed by atoms with Crippen molar-refractivity contribution < 1.29 is 0 Å². The van der Waals surface area contributed by atoms with Crippen LogP contribution in [0.15, 0.2) is 0 Å².